The fourth-order valence-corrected chi connectivity index (χ4v) is 1.98. The summed E-state index contributed by atoms with van der Waals surface area (Å²) in [5, 5.41) is 9.91. The predicted octanol–water partition coefficient (Wildman–Crippen LogP) is 3.72. The molecule has 0 radical (unpaired) electrons. The van der Waals surface area contributed by atoms with E-state index in [1.54, 1.807) is 7.11 Å². The number of methoxy groups -OCH3 is 1. The van der Waals surface area contributed by atoms with Gasteiger partial charge in [0.25, 0.3) is 0 Å². The van der Waals surface area contributed by atoms with Crippen LogP contribution in [0.3, 0.4) is 0 Å². The Hall–Kier alpha value is -2.00. The molecular formula is C17H20O3. The summed E-state index contributed by atoms with van der Waals surface area (Å²) in [4.78, 5) is 0. The molecule has 0 fully saturated rings. The van der Waals surface area contributed by atoms with Gasteiger partial charge in [-0.1, -0.05) is 43.3 Å². The SMILES string of the molecule is CC[C@@H](O)c1ccc(OC)c(OCc2ccccc2)c1. The van der Waals surface area contributed by atoms with Gasteiger partial charge in [-0.2, -0.15) is 0 Å². The van der Waals surface area contributed by atoms with Gasteiger partial charge in [0.15, 0.2) is 11.5 Å². The van der Waals surface area contributed by atoms with E-state index in [9.17, 15) is 5.11 Å². The lowest BCUT2D eigenvalue weighted by Gasteiger charge is -2.14. The Bertz CT molecular complexity index is 537. The van der Waals surface area contributed by atoms with E-state index >= 15 is 0 Å². The van der Waals surface area contributed by atoms with E-state index in [0.717, 1.165) is 11.1 Å². The van der Waals surface area contributed by atoms with Gasteiger partial charge >= 0.3 is 0 Å². The second kappa shape index (κ2) is 6.96. The van der Waals surface area contributed by atoms with E-state index in [1.807, 2.05) is 55.5 Å². The van der Waals surface area contributed by atoms with Crippen LogP contribution >= 0.6 is 0 Å². The fraction of sp³-hybridized carbons (Fsp3) is 0.294. The maximum Gasteiger partial charge on any atom is 0.162 e. The summed E-state index contributed by atoms with van der Waals surface area (Å²) in [6.07, 6.45) is 0.199. The fourth-order valence-electron chi connectivity index (χ4n) is 1.98. The van der Waals surface area contributed by atoms with Crippen molar-refractivity contribution in [2.24, 2.45) is 0 Å². The molecule has 106 valence electrons. The van der Waals surface area contributed by atoms with Crippen LogP contribution in [0.2, 0.25) is 0 Å². The lowest BCUT2D eigenvalue weighted by atomic mass is 10.1. The van der Waals surface area contributed by atoms with E-state index < -0.39 is 6.10 Å². The van der Waals surface area contributed by atoms with Crippen LogP contribution in [-0.4, -0.2) is 12.2 Å². The third kappa shape index (κ3) is 3.52. The number of rotatable bonds is 6. The molecule has 0 spiro atoms. The number of ether oxygens (including phenoxy) is 2. The molecule has 0 aliphatic rings. The van der Waals surface area contributed by atoms with Gasteiger partial charge in [0.05, 0.1) is 13.2 Å². The van der Waals surface area contributed by atoms with Crippen molar-refractivity contribution < 1.29 is 14.6 Å². The van der Waals surface area contributed by atoms with Crippen molar-refractivity contribution in [1.29, 1.82) is 0 Å². The summed E-state index contributed by atoms with van der Waals surface area (Å²) in [6, 6.07) is 15.5. The van der Waals surface area contributed by atoms with Gasteiger partial charge in [0.1, 0.15) is 6.61 Å². The van der Waals surface area contributed by atoms with Crippen molar-refractivity contribution in [3.8, 4) is 11.5 Å². The highest BCUT2D eigenvalue weighted by atomic mass is 16.5. The van der Waals surface area contributed by atoms with E-state index in [0.29, 0.717) is 24.5 Å². The van der Waals surface area contributed by atoms with Crippen LogP contribution in [-0.2, 0) is 6.61 Å². The Morgan fingerprint density at radius 3 is 2.45 bits per heavy atom. The molecule has 2 aromatic rings. The average Bonchev–Trinajstić information content (AvgIpc) is 2.52. The minimum Gasteiger partial charge on any atom is -0.493 e. The number of aliphatic hydroxyl groups is 1. The first-order chi connectivity index (χ1) is 9.74. The molecule has 0 bridgehead atoms. The van der Waals surface area contributed by atoms with E-state index in [1.165, 1.54) is 0 Å². The molecule has 0 saturated carbocycles. The highest BCUT2D eigenvalue weighted by Gasteiger charge is 2.10. The van der Waals surface area contributed by atoms with Crippen molar-refractivity contribution in [1.82, 2.24) is 0 Å². The quantitative estimate of drug-likeness (QED) is 0.871. The van der Waals surface area contributed by atoms with Gasteiger partial charge in [0.2, 0.25) is 0 Å². The second-order valence-electron chi connectivity index (χ2n) is 4.61. The summed E-state index contributed by atoms with van der Waals surface area (Å²) in [5.74, 6) is 1.33. The minimum atomic E-state index is -0.472. The smallest absolute Gasteiger partial charge is 0.162 e. The molecule has 0 aliphatic heterocycles. The number of hydrogen-bond acceptors (Lipinski definition) is 3. The van der Waals surface area contributed by atoms with Crippen LogP contribution in [0.15, 0.2) is 48.5 Å². The van der Waals surface area contributed by atoms with Gasteiger partial charge in [0, 0.05) is 0 Å². The Labute approximate surface area is 119 Å². The molecule has 1 atom stereocenters. The summed E-state index contributed by atoms with van der Waals surface area (Å²) < 4.78 is 11.1. The van der Waals surface area contributed by atoms with Gasteiger partial charge in [-0.3, -0.25) is 0 Å². The van der Waals surface area contributed by atoms with Gasteiger partial charge in [-0.05, 0) is 29.7 Å². The van der Waals surface area contributed by atoms with Crippen molar-refractivity contribution in [3.63, 3.8) is 0 Å². The molecule has 0 heterocycles. The first kappa shape index (κ1) is 14.4. The van der Waals surface area contributed by atoms with Gasteiger partial charge in [-0.15, -0.1) is 0 Å². The normalized spacial score (nSPS) is 11.9. The van der Waals surface area contributed by atoms with Crippen molar-refractivity contribution in [2.45, 2.75) is 26.1 Å². The highest BCUT2D eigenvalue weighted by Crippen LogP contribution is 2.31. The van der Waals surface area contributed by atoms with Crippen LogP contribution in [0.4, 0.5) is 0 Å². The first-order valence-electron chi connectivity index (χ1n) is 6.77. The molecule has 2 aromatic carbocycles. The van der Waals surface area contributed by atoms with Crippen molar-refractivity contribution in [2.75, 3.05) is 7.11 Å². The molecule has 2 rings (SSSR count). The van der Waals surface area contributed by atoms with Crippen LogP contribution in [0.5, 0.6) is 11.5 Å². The molecule has 0 unspecified atom stereocenters. The lowest BCUT2D eigenvalue weighted by Crippen LogP contribution is -2.00. The zero-order valence-corrected chi connectivity index (χ0v) is 11.9. The summed E-state index contributed by atoms with van der Waals surface area (Å²) in [6.45, 7) is 2.42. The summed E-state index contributed by atoms with van der Waals surface area (Å²) in [5.41, 5.74) is 1.94. The van der Waals surface area contributed by atoms with Crippen LogP contribution in [0.25, 0.3) is 0 Å². The van der Waals surface area contributed by atoms with Crippen molar-refractivity contribution in [3.05, 3.63) is 59.7 Å². The first-order valence-corrected chi connectivity index (χ1v) is 6.77. The highest BCUT2D eigenvalue weighted by molar-refractivity contribution is 5.43. The predicted molar refractivity (Wildman–Crippen MR) is 79.0 cm³/mol. The van der Waals surface area contributed by atoms with Gasteiger partial charge < -0.3 is 14.6 Å². The number of aliphatic hydroxyl groups excluding tert-OH is 1. The second-order valence-corrected chi connectivity index (χ2v) is 4.61. The van der Waals surface area contributed by atoms with Crippen LogP contribution < -0.4 is 9.47 Å². The van der Waals surface area contributed by atoms with Gasteiger partial charge in [-0.25, -0.2) is 0 Å². The topological polar surface area (TPSA) is 38.7 Å². The van der Waals surface area contributed by atoms with Crippen LogP contribution in [0.1, 0.15) is 30.6 Å². The molecule has 0 aliphatic carbocycles. The largest absolute Gasteiger partial charge is 0.493 e. The van der Waals surface area contributed by atoms with E-state index in [2.05, 4.69) is 0 Å². The molecular weight excluding hydrogens is 252 g/mol. The Morgan fingerprint density at radius 1 is 1.05 bits per heavy atom. The monoisotopic (exact) mass is 272 g/mol. The summed E-state index contributed by atoms with van der Waals surface area (Å²) in [7, 11) is 1.61. The number of hydrogen-bond donors (Lipinski definition) is 1. The molecule has 0 amide bonds. The molecule has 0 saturated heterocycles. The average molecular weight is 272 g/mol. The zero-order valence-electron chi connectivity index (χ0n) is 11.9. The molecule has 3 heteroatoms. The molecule has 0 aromatic heterocycles. The van der Waals surface area contributed by atoms with E-state index in [-0.39, 0.29) is 0 Å². The number of benzene rings is 2. The Morgan fingerprint density at radius 2 is 1.80 bits per heavy atom. The third-order valence-corrected chi connectivity index (χ3v) is 3.20. The molecule has 3 nitrogen and oxygen atoms in total. The standard InChI is InChI=1S/C17H20O3/c1-3-15(18)14-9-10-16(19-2)17(11-14)20-12-13-7-5-4-6-8-13/h4-11,15,18H,3,12H2,1-2H3/t15-/m1/s1. The maximum absolute atomic E-state index is 9.91. The minimum absolute atomic E-state index is 0.472. The Kier molecular flexibility index (Phi) is 5.02. The maximum atomic E-state index is 9.91. The lowest BCUT2D eigenvalue weighted by molar-refractivity contribution is 0.172. The van der Waals surface area contributed by atoms with E-state index in [4.69, 9.17) is 9.47 Å². The zero-order chi connectivity index (χ0) is 14.4. The third-order valence-electron chi connectivity index (χ3n) is 3.20. The summed E-state index contributed by atoms with van der Waals surface area (Å²) >= 11 is 0. The van der Waals surface area contributed by atoms with Crippen LogP contribution in [0, 0.1) is 0 Å². The Balaban J connectivity index is 2.16. The molecule has 1 N–H and O–H groups in total. The van der Waals surface area contributed by atoms with Crippen molar-refractivity contribution >= 4 is 0 Å². The molecule has 20 heavy (non-hydrogen) atoms.